The molecule has 0 aliphatic heterocycles. The maximum Gasteiger partial charge on any atom is 0.414 e. The quantitative estimate of drug-likeness (QED) is 0.0102. The zero-order chi connectivity index (χ0) is 90.3. The van der Waals surface area contributed by atoms with Crippen LogP contribution in [0.1, 0.15) is 125 Å². The van der Waals surface area contributed by atoms with Gasteiger partial charge in [-0.1, -0.05) is 303 Å². The summed E-state index contributed by atoms with van der Waals surface area (Å²) in [6.07, 6.45) is 6.59. The second-order valence-corrected chi connectivity index (χ2v) is 31.6. The van der Waals surface area contributed by atoms with E-state index in [4.69, 9.17) is 41.3 Å². The lowest BCUT2D eigenvalue weighted by Gasteiger charge is -2.28. The number of benzene rings is 12. The molecule has 2 atom stereocenters. The molecular weight excluding hydrogens is 1600 g/mol. The first kappa shape index (κ1) is 90.6. The van der Waals surface area contributed by atoms with Gasteiger partial charge in [-0.2, -0.15) is 0 Å². The van der Waals surface area contributed by atoms with Crippen LogP contribution in [0.2, 0.25) is 0 Å². The first-order chi connectivity index (χ1) is 61.1. The summed E-state index contributed by atoms with van der Waals surface area (Å²) >= 11 is 0. The largest absolute Gasteiger partial charge is 0.479 e. The van der Waals surface area contributed by atoms with Crippen molar-refractivity contribution in [1.29, 1.82) is 0 Å². The molecule has 127 heavy (non-hydrogen) atoms. The van der Waals surface area contributed by atoms with E-state index < -0.39 is 76.9 Å². The van der Waals surface area contributed by atoms with E-state index in [1.807, 2.05) is 267 Å². The van der Waals surface area contributed by atoms with Gasteiger partial charge in [-0.25, -0.2) is 43.5 Å². The van der Waals surface area contributed by atoms with E-state index in [0.717, 1.165) is 82.8 Å². The summed E-state index contributed by atoms with van der Waals surface area (Å²) in [6, 6.07) is 96.2. The van der Waals surface area contributed by atoms with Crippen molar-refractivity contribution in [2.75, 3.05) is 26.3 Å². The van der Waals surface area contributed by atoms with Gasteiger partial charge in [0, 0.05) is 5.92 Å². The van der Waals surface area contributed by atoms with Crippen LogP contribution in [0.15, 0.2) is 325 Å². The molecule has 642 valence electrons. The molecule has 2 unspecified atom stereocenters. The molecule has 0 heterocycles. The van der Waals surface area contributed by atoms with Crippen molar-refractivity contribution in [1.82, 2.24) is 31.5 Å². The SMILES string of the molecule is C#CCN(C(=O)OCC1c2ccccc2-c2ccccc21)C(C(=O)O)c1ccc(N=C(NC(=O)OC(C)(C)c2ccc(-c3ccccc3)cc2)NC(=O)OC(C)(C)c2ccc(-c3ccccc3)cc2)cc1.C#CCNC(C(=O)OCC)c1ccc(N=C(NC(=O)OC(C)(C)c2ccc(-c3ccccc3)cc2)NC(=O)OC(C)(C)c2ccc(-c3ccccc3)cc2)cc1. The van der Waals surface area contributed by atoms with Crippen LogP contribution in [0.4, 0.5) is 35.3 Å². The number of ether oxygens (including phenoxy) is 6. The fourth-order valence-electron chi connectivity index (χ4n) is 14.6. The topological polar surface area (TPSA) is 283 Å². The Morgan fingerprint density at radius 2 is 0.685 bits per heavy atom. The van der Waals surface area contributed by atoms with Crippen molar-refractivity contribution in [2.24, 2.45) is 9.98 Å². The van der Waals surface area contributed by atoms with E-state index in [-0.39, 0.29) is 55.4 Å². The number of terminal acetylenes is 2. The Morgan fingerprint density at radius 1 is 0.386 bits per heavy atom. The van der Waals surface area contributed by atoms with Crippen LogP contribution in [0.3, 0.4) is 0 Å². The summed E-state index contributed by atoms with van der Waals surface area (Å²) in [7, 11) is 0. The van der Waals surface area contributed by atoms with Crippen molar-refractivity contribution >= 4 is 65.7 Å². The van der Waals surface area contributed by atoms with Gasteiger partial charge in [0.05, 0.1) is 31.1 Å². The van der Waals surface area contributed by atoms with Crippen LogP contribution in [0, 0.1) is 24.7 Å². The number of hydrogen-bond donors (Lipinski definition) is 6. The second kappa shape index (κ2) is 41.5. The maximum atomic E-state index is 13.8. The second-order valence-electron chi connectivity index (χ2n) is 31.6. The Labute approximate surface area is 739 Å². The van der Waals surface area contributed by atoms with Crippen molar-refractivity contribution in [2.45, 2.75) is 103 Å². The maximum absolute atomic E-state index is 13.8. The summed E-state index contributed by atoms with van der Waals surface area (Å²) < 4.78 is 34.6. The number of carbonyl (C=O) groups excluding carboxylic acids is 6. The minimum atomic E-state index is -1.55. The molecular formula is C105H98N8O14. The summed E-state index contributed by atoms with van der Waals surface area (Å²) in [4.78, 5) is 104. The average Bonchev–Trinajstić information content (AvgIpc) is 1.61. The number of aliphatic carboxylic acids is 1. The lowest BCUT2D eigenvalue weighted by molar-refractivity contribution is -0.146. The molecule has 22 heteroatoms. The third-order valence-electron chi connectivity index (χ3n) is 21.2. The minimum Gasteiger partial charge on any atom is -0.479 e. The number of nitrogens with zero attached hydrogens (tertiary/aromatic N) is 3. The number of nitrogens with one attached hydrogen (secondary N) is 5. The number of carboxylic acids is 1. The predicted molar refractivity (Wildman–Crippen MR) is 492 cm³/mol. The molecule has 22 nitrogen and oxygen atoms in total. The van der Waals surface area contributed by atoms with Crippen LogP contribution in [0.25, 0.3) is 55.6 Å². The molecule has 0 aromatic heterocycles. The molecule has 12 aromatic rings. The normalized spacial score (nSPS) is 12.0. The van der Waals surface area contributed by atoms with Gasteiger partial charge in [-0.05, 0) is 187 Å². The summed E-state index contributed by atoms with van der Waals surface area (Å²) in [5, 5.41) is 23.8. The highest BCUT2D eigenvalue weighted by atomic mass is 16.6. The van der Waals surface area contributed by atoms with Gasteiger partial charge in [0.15, 0.2) is 6.04 Å². The van der Waals surface area contributed by atoms with Crippen LogP contribution in [-0.4, -0.2) is 90.6 Å². The molecule has 13 rings (SSSR count). The third-order valence-corrected chi connectivity index (χ3v) is 21.2. The molecule has 12 aromatic carbocycles. The van der Waals surface area contributed by atoms with Crippen molar-refractivity contribution in [3.8, 4) is 80.3 Å². The van der Waals surface area contributed by atoms with Crippen LogP contribution >= 0.6 is 0 Å². The molecule has 0 fully saturated rings. The molecule has 1 aliphatic carbocycles. The number of guanidine groups is 2. The van der Waals surface area contributed by atoms with Gasteiger partial charge in [0.25, 0.3) is 0 Å². The highest BCUT2D eigenvalue weighted by molar-refractivity contribution is 6.03. The lowest BCUT2D eigenvalue weighted by atomic mass is 9.95. The number of carboxylic acid groups (broad SMARTS) is 1. The first-order valence-corrected chi connectivity index (χ1v) is 41.2. The monoisotopic (exact) mass is 1690 g/mol. The number of alkyl carbamates (subject to hydrolysis) is 4. The number of hydrogen-bond acceptors (Lipinski definition) is 16. The van der Waals surface area contributed by atoms with Crippen molar-refractivity contribution in [3.05, 3.63) is 360 Å². The molecule has 0 spiro atoms. The van der Waals surface area contributed by atoms with E-state index in [0.29, 0.717) is 22.4 Å². The summed E-state index contributed by atoms with van der Waals surface area (Å²) in [6.45, 7) is 15.7. The Morgan fingerprint density at radius 3 is 0.984 bits per heavy atom. The summed E-state index contributed by atoms with van der Waals surface area (Å²) in [5.41, 5.74) is 12.1. The van der Waals surface area contributed by atoms with Crippen LogP contribution in [0.5, 0.6) is 0 Å². The van der Waals surface area contributed by atoms with Gasteiger partial charge in [0.2, 0.25) is 11.9 Å². The van der Waals surface area contributed by atoms with Crippen LogP contribution < -0.4 is 26.6 Å². The van der Waals surface area contributed by atoms with Gasteiger partial charge in [-0.15, -0.1) is 12.8 Å². The molecule has 1 aliphatic rings. The van der Waals surface area contributed by atoms with E-state index in [9.17, 15) is 38.7 Å². The highest BCUT2D eigenvalue weighted by Crippen LogP contribution is 2.45. The molecule has 0 radical (unpaired) electrons. The third kappa shape index (κ3) is 23.8. The van der Waals surface area contributed by atoms with E-state index in [2.05, 4.69) is 48.4 Å². The van der Waals surface area contributed by atoms with Gasteiger partial charge in [-0.3, -0.25) is 31.5 Å². The Kier molecular flexibility index (Phi) is 29.6. The van der Waals surface area contributed by atoms with Crippen molar-refractivity contribution in [3.63, 3.8) is 0 Å². The van der Waals surface area contributed by atoms with E-state index in [1.165, 1.54) is 24.3 Å². The van der Waals surface area contributed by atoms with Gasteiger partial charge < -0.3 is 33.5 Å². The molecule has 0 saturated carbocycles. The number of rotatable bonds is 25. The lowest BCUT2D eigenvalue weighted by Crippen LogP contribution is -2.47. The van der Waals surface area contributed by atoms with Crippen molar-refractivity contribution < 1.29 is 67.1 Å². The number of fused-ring (bicyclic) bond motifs is 3. The minimum absolute atomic E-state index is 0.0446. The fraction of sp³-hybridized carbons (Fsp3) is 0.190. The van der Waals surface area contributed by atoms with E-state index in [1.54, 1.807) is 86.6 Å². The number of aliphatic imine (C=N–C) groups is 2. The van der Waals surface area contributed by atoms with Gasteiger partial charge in [0.1, 0.15) is 35.1 Å². The zero-order valence-electron chi connectivity index (χ0n) is 71.8. The number of carbonyl (C=O) groups is 7. The summed E-state index contributed by atoms with van der Waals surface area (Å²) in [5.74, 6) is 2.17. The Hall–Kier alpha value is -15.7. The van der Waals surface area contributed by atoms with Gasteiger partial charge >= 0.3 is 42.4 Å². The smallest absolute Gasteiger partial charge is 0.414 e. The molecule has 5 amide bonds. The first-order valence-electron chi connectivity index (χ1n) is 41.2. The molecule has 6 N–H and O–H groups in total. The standard InChI is InChI=1S/C59H52N4O8.C46H46N4O6/c1-6-37-63(57(68)69-38-51-49-23-15-13-21-47(49)48-22-14-16-24-50(48)51)52(53(64)65)43-29-35-46(36-30-43)60-54(61-55(66)70-58(2,3)44-31-25-41(26-32-44)39-17-9-7-10-18-39)62-56(67)71-59(4,5)45-33-27-42(28-34-45)40-19-11-8-12-20-40;1-7-31-47-40(41(51)54-8-2)36-23-29-39(30-24-36)48-42(49-43(52)55-45(3,4)37-25-19-34(20-26-37)32-15-11-9-12-16-32)50-44(53)56-46(5,6)38-27-21-35(22-28-38)33-17-13-10-14-18-33/h1,7-36,51-52H,37-38H2,2-5H3,(H,64,65)(H2,60,61,62,66,67);1,9-30,40,47H,8,31H2,2-6H3,(H2,48,49,50,52,53). The average molecular weight is 1700 g/mol. The fourth-order valence-corrected chi connectivity index (χ4v) is 14.6. The molecule has 0 bridgehead atoms. The Bertz CT molecular complexity index is 5730. The van der Waals surface area contributed by atoms with E-state index >= 15 is 0 Å². The zero-order valence-corrected chi connectivity index (χ0v) is 71.8. The number of amides is 5. The molecule has 0 saturated heterocycles. The Balaban J connectivity index is 0.000000238. The number of esters is 1. The highest BCUT2D eigenvalue weighted by Gasteiger charge is 2.37. The van der Waals surface area contributed by atoms with Crippen LogP contribution in [-0.2, 0) is 60.4 Å². The predicted octanol–water partition coefficient (Wildman–Crippen LogP) is 21.5.